The maximum absolute atomic E-state index is 15.1. The highest BCUT2D eigenvalue weighted by Gasteiger charge is 2.40. The summed E-state index contributed by atoms with van der Waals surface area (Å²) in [5.74, 6) is -5.22. The monoisotopic (exact) mass is 591 g/mol. The van der Waals surface area contributed by atoms with Gasteiger partial charge in [-0.05, 0) is 31.1 Å². The van der Waals surface area contributed by atoms with Gasteiger partial charge in [-0.2, -0.15) is 4.98 Å². The first-order valence-electron chi connectivity index (χ1n) is 13.4. The first-order valence-corrected chi connectivity index (χ1v) is 13.4. The Balaban J connectivity index is 1.83. The number of hydrogen-bond donors (Lipinski definition) is 3. The summed E-state index contributed by atoms with van der Waals surface area (Å²) in [6.07, 6.45) is 4.88. The third-order valence-corrected chi connectivity index (χ3v) is 7.39. The Morgan fingerprint density at radius 3 is 2.62 bits per heavy atom. The van der Waals surface area contributed by atoms with E-state index < -0.39 is 64.3 Å². The van der Waals surface area contributed by atoms with Gasteiger partial charge in [0.05, 0.1) is 12.1 Å². The summed E-state index contributed by atoms with van der Waals surface area (Å²) in [5, 5.41) is 13.5. The van der Waals surface area contributed by atoms with Crippen LogP contribution < -0.4 is 22.4 Å². The van der Waals surface area contributed by atoms with Crippen molar-refractivity contribution in [2.45, 2.75) is 57.0 Å². The Bertz CT molecular complexity index is 1560. The molecule has 1 aliphatic heterocycles. The average Bonchev–Trinajstić information content (AvgIpc) is 2.93. The van der Waals surface area contributed by atoms with Gasteiger partial charge < -0.3 is 20.9 Å². The van der Waals surface area contributed by atoms with Crippen molar-refractivity contribution in [3.63, 3.8) is 0 Å². The zero-order chi connectivity index (χ0) is 30.7. The fourth-order valence-electron chi connectivity index (χ4n) is 5.25. The van der Waals surface area contributed by atoms with E-state index in [1.807, 2.05) is 0 Å². The smallest absolute Gasteiger partial charge is 0.354 e. The maximum atomic E-state index is 15.1. The van der Waals surface area contributed by atoms with Crippen LogP contribution >= 0.6 is 0 Å². The molecule has 9 nitrogen and oxygen atoms in total. The van der Waals surface area contributed by atoms with Crippen molar-refractivity contribution in [1.82, 2.24) is 14.1 Å². The largest absolute Gasteiger partial charge is 0.379 e. The molecule has 226 valence electrons. The van der Waals surface area contributed by atoms with Crippen LogP contribution in [0.2, 0.25) is 0 Å². The van der Waals surface area contributed by atoms with E-state index in [0.29, 0.717) is 19.4 Å². The zero-order valence-electron chi connectivity index (χ0n) is 23.1. The molecule has 3 atom stereocenters. The van der Waals surface area contributed by atoms with Crippen molar-refractivity contribution in [2.24, 2.45) is 11.1 Å². The molecular weight excluding hydrogens is 558 g/mol. The predicted octanol–water partition coefficient (Wildman–Crippen LogP) is 3.86. The Hall–Kier alpha value is -3.81. The lowest BCUT2D eigenvalue weighted by atomic mass is 9.82. The van der Waals surface area contributed by atoms with Gasteiger partial charge in [0, 0.05) is 43.5 Å². The molecule has 4 rings (SSSR count). The maximum Gasteiger partial charge on any atom is 0.354 e. The molecule has 0 bridgehead atoms. The van der Waals surface area contributed by atoms with Gasteiger partial charge in [0.2, 0.25) is 5.95 Å². The topological polar surface area (TPSA) is 124 Å². The molecular formula is C29H33F4N5O4. The summed E-state index contributed by atoms with van der Waals surface area (Å²) >= 11 is 0. The van der Waals surface area contributed by atoms with Gasteiger partial charge in [-0.15, -0.1) is 0 Å². The number of benzene rings is 1. The molecule has 42 heavy (non-hydrogen) atoms. The number of nitrogens with one attached hydrogen (secondary N) is 1. The SMILES string of the molecule is C=C/C=C\C(N)(O)CCn1c(=O)nc(NC2(c3ccccc3F)CCCOC2)n(CC2(C)C=C(F)C(F)=C(F)C2)c1=O. The number of ether oxygens (including phenoxy) is 1. The molecule has 0 spiro atoms. The normalized spacial score (nSPS) is 24.4. The number of hydrogen-bond acceptors (Lipinski definition) is 7. The van der Waals surface area contributed by atoms with Crippen molar-refractivity contribution in [2.75, 3.05) is 18.5 Å². The Labute approximate surface area is 239 Å². The number of anilines is 1. The van der Waals surface area contributed by atoms with Crippen LogP contribution in [0.25, 0.3) is 0 Å². The van der Waals surface area contributed by atoms with Crippen LogP contribution in [-0.4, -0.2) is 38.2 Å². The quantitative estimate of drug-likeness (QED) is 0.218. The van der Waals surface area contributed by atoms with E-state index >= 15 is 4.39 Å². The number of nitrogens with zero attached hydrogens (tertiary/aromatic N) is 3. The fourth-order valence-corrected chi connectivity index (χ4v) is 5.25. The molecule has 2 aliphatic rings. The van der Waals surface area contributed by atoms with Gasteiger partial charge in [0.1, 0.15) is 17.4 Å². The third-order valence-electron chi connectivity index (χ3n) is 7.39. The first kappa shape index (κ1) is 31.1. The Kier molecular flexibility index (Phi) is 9.04. The predicted molar refractivity (Wildman–Crippen MR) is 149 cm³/mol. The van der Waals surface area contributed by atoms with Gasteiger partial charge in [-0.25, -0.2) is 31.7 Å². The Morgan fingerprint density at radius 2 is 1.98 bits per heavy atom. The number of aromatic nitrogens is 3. The number of aliphatic hydroxyl groups is 1. The molecule has 0 radical (unpaired) electrons. The van der Waals surface area contributed by atoms with Gasteiger partial charge in [-0.3, -0.25) is 4.57 Å². The fraction of sp³-hybridized carbons (Fsp3) is 0.414. The van der Waals surface area contributed by atoms with Crippen LogP contribution in [0.5, 0.6) is 0 Å². The van der Waals surface area contributed by atoms with E-state index in [9.17, 15) is 27.9 Å². The molecule has 1 aliphatic carbocycles. The third kappa shape index (κ3) is 6.63. The van der Waals surface area contributed by atoms with Crippen molar-refractivity contribution < 1.29 is 27.4 Å². The molecule has 2 heterocycles. The van der Waals surface area contributed by atoms with E-state index in [1.165, 1.54) is 37.3 Å². The molecule has 1 aromatic carbocycles. The highest BCUT2D eigenvalue weighted by atomic mass is 19.2. The van der Waals surface area contributed by atoms with E-state index in [4.69, 9.17) is 10.5 Å². The second-order valence-corrected chi connectivity index (χ2v) is 11.0. The van der Waals surface area contributed by atoms with Crippen molar-refractivity contribution in [3.8, 4) is 0 Å². The minimum absolute atomic E-state index is 0.0306. The zero-order valence-corrected chi connectivity index (χ0v) is 23.1. The van der Waals surface area contributed by atoms with E-state index in [1.54, 1.807) is 12.1 Å². The summed E-state index contributed by atoms with van der Waals surface area (Å²) in [6.45, 7) is 4.48. The van der Waals surface area contributed by atoms with Crippen LogP contribution in [0.4, 0.5) is 23.5 Å². The minimum atomic E-state index is -1.90. The second kappa shape index (κ2) is 12.2. The first-order chi connectivity index (χ1) is 19.8. The summed E-state index contributed by atoms with van der Waals surface area (Å²) in [5.41, 5.74) is -0.499. The number of halogens is 4. The molecule has 1 aromatic heterocycles. The molecule has 0 amide bonds. The minimum Gasteiger partial charge on any atom is -0.379 e. The lowest BCUT2D eigenvalue weighted by molar-refractivity contribution is 0.0436. The molecule has 13 heteroatoms. The molecule has 3 unspecified atom stereocenters. The summed E-state index contributed by atoms with van der Waals surface area (Å²) in [4.78, 5) is 31.1. The van der Waals surface area contributed by atoms with Crippen LogP contribution in [0.3, 0.4) is 0 Å². The number of rotatable bonds is 10. The van der Waals surface area contributed by atoms with Gasteiger partial charge >= 0.3 is 11.4 Å². The second-order valence-electron chi connectivity index (χ2n) is 11.0. The van der Waals surface area contributed by atoms with Crippen molar-refractivity contribution >= 4 is 5.95 Å². The molecule has 2 aromatic rings. The van der Waals surface area contributed by atoms with Crippen LogP contribution in [0.1, 0.15) is 38.2 Å². The molecule has 1 fully saturated rings. The number of allylic oxidation sites excluding steroid dienone is 6. The summed E-state index contributed by atoms with van der Waals surface area (Å²) in [7, 11) is 0. The lowest BCUT2D eigenvalue weighted by Crippen LogP contribution is -2.50. The van der Waals surface area contributed by atoms with E-state index in [2.05, 4.69) is 16.9 Å². The van der Waals surface area contributed by atoms with Crippen LogP contribution in [0, 0.1) is 11.2 Å². The molecule has 1 saturated heterocycles. The average molecular weight is 592 g/mol. The van der Waals surface area contributed by atoms with Gasteiger partial charge in [0.15, 0.2) is 11.7 Å². The van der Waals surface area contributed by atoms with E-state index in [-0.39, 0.29) is 31.1 Å². The lowest BCUT2D eigenvalue weighted by Gasteiger charge is -2.39. The van der Waals surface area contributed by atoms with Crippen LogP contribution in [0.15, 0.2) is 82.2 Å². The summed E-state index contributed by atoms with van der Waals surface area (Å²) < 4.78 is 65.0. The molecule has 4 N–H and O–H groups in total. The Morgan fingerprint density at radius 1 is 1.24 bits per heavy atom. The number of nitrogens with two attached hydrogens (primary N) is 1. The summed E-state index contributed by atoms with van der Waals surface area (Å²) in [6, 6.07) is 5.95. The molecule has 0 saturated carbocycles. The van der Waals surface area contributed by atoms with E-state index in [0.717, 1.165) is 15.2 Å². The van der Waals surface area contributed by atoms with Gasteiger partial charge in [-0.1, -0.05) is 43.9 Å². The van der Waals surface area contributed by atoms with Crippen LogP contribution in [-0.2, 0) is 23.4 Å². The van der Waals surface area contributed by atoms with Crippen molar-refractivity contribution in [1.29, 1.82) is 0 Å². The van der Waals surface area contributed by atoms with Gasteiger partial charge in [0.25, 0.3) is 0 Å². The highest BCUT2D eigenvalue weighted by molar-refractivity contribution is 5.40. The van der Waals surface area contributed by atoms with Crippen molar-refractivity contribution in [3.05, 3.63) is 105 Å². The highest BCUT2D eigenvalue weighted by Crippen LogP contribution is 2.41. The standard InChI is InChI=1S/C29H33F4N5O4/c1-3-4-11-29(34,41)12-13-37-25(39)35-24(36-28(10-7-14-42-18-28)19-8-5-6-9-20(19)30)38(26(37)40)17-27(2)15-21(31)23(33)22(32)16-27/h3-6,8-9,11,15,41H,1,7,10,12-14,16-18,34H2,2H3,(H,35,36,39)/b11-4-.